The highest BCUT2D eigenvalue weighted by Crippen LogP contribution is 2.32. The molecule has 5 nitrogen and oxygen atoms in total. The largest absolute Gasteiger partial charge is 0.493 e. The van der Waals surface area contributed by atoms with Gasteiger partial charge in [0.1, 0.15) is 12.1 Å². The normalized spacial score (nSPS) is 14.5. The molecule has 1 N–H and O–H groups in total. The number of hydrogen-bond acceptors (Lipinski definition) is 5. The van der Waals surface area contributed by atoms with Crippen LogP contribution in [0, 0.1) is 0 Å². The average molecular weight is 349 g/mol. The molecule has 0 saturated heterocycles. The molecule has 0 amide bonds. The van der Waals surface area contributed by atoms with Crippen molar-refractivity contribution in [2.24, 2.45) is 0 Å². The number of benzene rings is 2. The Morgan fingerprint density at radius 1 is 1.04 bits per heavy atom. The summed E-state index contributed by atoms with van der Waals surface area (Å²) in [5.41, 5.74) is 2.06. The summed E-state index contributed by atoms with van der Waals surface area (Å²) < 4.78 is 11.6. The number of para-hydroxylation sites is 1. The molecule has 0 radical (unpaired) electrons. The van der Waals surface area contributed by atoms with Gasteiger partial charge >= 0.3 is 0 Å². The summed E-state index contributed by atoms with van der Waals surface area (Å²) in [6.45, 7) is 0.659. The van der Waals surface area contributed by atoms with Crippen molar-refractivity contribution in [3.05, 3.63) is 54.4 Å². The van der Waals surface area contributed by atoms with Crippen LogP contribution in [0.1, 0.15) is 31.2 Å². The predicted molar refractivity (Wildman–Crippen MR) is 103 cm³/mol. The Morgan fingerprint density at radius 3 is 2.73 bits per heavy atom. The van der Waals surface area contributed by atoms with E-state index in [4.69, 9.17) is 9.47 Å². The van der Waals surface area contributed by atoms with E-state index < -0.39 is 0 Å². The molecule has 0 spiro atoms. The van der Waals surface area contributed by atoms with E-state index in [0.717, 1.165) is 46.6 Å². The molecule has 5 heteroatoms. The quantitative estimate of drug-likeness (QED) is 0.706. The first-order chi connectivity index (χ1) is 12.8. The standard InChI is InChI=1S/C21H23N3O2/c1-25-19-11-10-15(12-20(19)26-16-6-2-3-7-16)13-22-21-17-8-4-5-9-18(17)23-14-24-21/h4-5,8-12,14,16H,2-3,6-7,13H2,1H3,(H,22,23,24). The Hall–Kier alpha value is -2.82. The van der Waals surface area contributed by atoms with Gasteiger partial charge in [-0.15, -0.1) is 0 Å². The first-order valence-corrected chi connectivity index (χ1v) is 9.10. The number of hydrogen-bond donors (Lipinski definition) is 1. The van der Waals surface area contributed by atoms with E-state index in [1.54, 1.807) is 13.4 Å². The van der Waals surface area contributed by atoms with E-state index in [9.17, 15) is 0 Å². The smallest absolute Gasteiger partial charge is 0.161 e. The zero-order chi connectivity index (χ0) is 17.8. The number of nitrogens with zero attached hydrogens (tertiary/aromatic N) is 2. The van der Waals surface area contributed by atoms with E-state index in [2.05, 4.69) is 27.4 Å². The molecular formula is C21H23N3O2. The van der Waals surface area contributed by atoms with Gasteiger partial charge < -0.3 is 14.8 Å². The Bertz CT molecular complexity index is 886. The van der Waals surface area contributed by atoms with Gasteiger partial charge in [-0.25, -0.2) is 9.97 Å². The molecule has 3 aromatic rings. The van der Waals surface area contributed by atoms with Crippen LogP contribution < -0.4 is 14.8 Å². The summed E-state index contributed by atoms with van der Waals surface area (Å²) in [5.74, 6) is 2.45. The van der Waals surface area contributed by atoms with Crippen LogP contribution in [0.2, 0.25) is 0 Å². The van der Waals surface area contributed by atoms with Gasteiger partial charge in [0, 0.05) is 11.9 Å². The molecule has 1 aromatic heterocycles. The molecule has 0 atom stereocenters. The highest BCUT2D eigenvalue weighted by Gasteiger charge is 2.18. The monoisotopic (exact) mass is 349 g/mol. The minimum absolute atomic E-state index is 0.304. The van der Waals surface area contributed by atoms with Crippen molar-refractivity contribution in [3.8, 4) is 11.5 Å². The minimum atomic E-state index is 0.304. The van der Waals surface area contributed by atoms with E-state index in [-0.39, 0.29) is 0 Å². The molecule has 134 valence electrons. The van der Waals surface area contributed by atoms with Crippen molar-refractivity contribution >= 4 is 16.7 Å². The fourth-order valence-electron chi connectivity index (χ4n) is 3.44. The molecule has 1 aliphatic rings. The predicted octanol–water partition coefficient (Wildman–Crippen LogP) is 4.57. The molecule has 1 heterocycles. The minimum Gasteiger partial charge on any atom is -0.493 e. The van der Waals surface area contributed by atoms with Gasteiger partial charge in [0.05, 0.1) is 18.7 Å². The maximum Gasteiger partial charge on any atom is 0.161 e. The van der Waals surface area contributed by atoms with Crippen LogP contribution in [0.25, 0.3) is 10.9 Å². The van der Waals surface area contributed by atoms with Crippen LogP contribution in [0.15, 0.2) is 48.8 Å². The highest BCUT2D eigenvalue weighted by molar-refractivity contribution is 5.88. The lowest BCUT2D eigenvalue weighted by Gasteiger charge is -2.17. The molecule has 0 bridgehead atoms. The van der Waals surface area contributed by atoms with Crippen LogP contribution in [-0.4, -0.2) is 23.2 Å². The third-order valence-electron chi connectivity index (χ3n) is 4.83. The van der Waals surface area contributed by atoms with Gasteiger partial charge in [0.25, 0.3) is 0 Å². The summed E-state index contributed by atoms with van der Waals surface area (Å²) in [6.07, 6.45) is 6.63. The van der Waals surface area contributed by atoms with Gasteiger partial charge in [-0.3, -0.25) is 0 Å². The van der Waals surface area contributed by atoms with Gasteiger partial charge in [-0.05, 0) is 55.5 Å². The van der Waals surface area contributed by atoms with E-state index in [1.807, 2.05) is 30.3 Å². The van der Waals surface area contributed by atoms with Gasteiger partial charge in [0.2, 0.25) is 0 Å². The molecule has 1 saturated carbocycles. The van der Waals surface area contributed by atoms with E-state index in [1.165, 1.54) is 12.8 Å². The fourth-order valence-corrected chi connectivity index (χ4v) is 3.44. The maximum absolute atomic E-state index is 6.18. The molecule has 1 aliphatic carbocycles. The Labute approximate surface area is 153 Å². The Morgan fingerprint density at radius 2 is 1.88 bits per heavy atom. The van der Waals surface area contributed by atoms with Crippen LogP contribution >= 0.6 is 0 Å². The molecule has 0 aliphatic heterocycles. The lowest BCUT2D eigenvalue weighted by molar-refractivity contribution is 0.200. The van der Waals surface area contributed by atoms with E-state index in [0.29, 0.717) is 12.6 Å². The number of nitrogens with one attached hydrogen (secondary N) is 1. The summed E-state index contributed by atoms with van der Waals surface area (Å²) in [7, 11) is 1.68. The molecular weight excluding hydrogens is 326 g/mol. The molecule has 4 rings (SSSR count). The number of aromatic nitrogens is 2. The lowest BCUT2D eigenvalue weighted by Crippen LogP contribution is -2.12. The van der Waals surface area contributed by atoms with Crippen LogP contribution in [-0.2, 0) is 6.54 Å². The third-order valence-corrected chi connectivity index (χ3v) is 4.83. The number of anilines is 1. The first-order valence-electron chi connectivity index (χ1n) is 9.10. The van der Waals surface area contributed by atoms with Crippen molar-refractivity contribution in [1.82, 2.24) is 9.97 Å². The number of methoxy groups -OCH3 is 1. The van der Waals surface area contributed by atoms with Crippen molar-refractivity contribution in [3.63, 3.8) is 0 Å². The number of ether oxygens (including phenoxy) is 2. The van der Waals surface area contributed by atoms with Crippen molar-refractivity contribution in [2.45, 2.75) is 38.3 Å². The molecule has 2 aromatic carbocycles. The fraction of sp³-hybridized carbons (Fsp3) is 0.333. The zero-order valence-corrected chi connectivity index (χ0v) is 14.9. The van der Waals surface area contributed by atoms with E-state index >= 15 is 0 Å². The third kappa shape index (κ3) is 3.57. The summed E-state index contributed by atoms with van der Waals surface area (Å²) >= 11 is 0. The molecule has 0 unspecified atom stereocenters. The van der Waals surface area contributed by atoms with Gasteiger partial charge in [0.15, 0.2) is 11.5 Å². The molecule has 1 fully saturated rings. The Kier molecular flexibility index (Phi) is 4.86. The van der Waals surface area contributed by atoms with Crippen molar-refractivity contribution < 1.29 is 9.47 Å². The summed E-state index contributed by atoms with van der Waals surface area (Å²) in [5, 5.41) is 4.43. The SMILES string of the molecule is COc1ccc(CNc2ncnc3ccccc23)cc1OC1CCCC1. The highest BCUT2D eigenvalue weighted by atomic mass is 16.5. The maximum atomic E-state index is 6.18. The second-order valence-electron chi connectivity index (χ2n) is 6.60. The van der Waals surface area contributed by atoms with Crippen LogP contribution in [0.4, 0.5) is 5.82 Å². The van der Waals surface area contributed by atoms with Crippen LogP contribution in [0.3, 0.4) is 0 Å². The van der Waals surface area contributed by atoms with Gasteiger partial charge in [-0.2, -0.15) is 0 Å². The second kappa shape index (κ2) is 7.60. The average Bonchev–Trinajstić information content (AvgIpc) is 3.19. The van der Waals surface area contributed by atoms with Gasteiger partial charge in [-0.1, -0.05) is 18.2 Å². The number of rotatable bonds is 6. The second-order valence-corrected chi connectivity index (χ2v) is 6.60. The topological polar surface area (TPSA) is 56.3 Å². The number of fused-ring (bicyclic) bond motifs is 1. The van der Waals surface area contributed by atoms with Crippen LogP contribution in [0.5, 0.6) is 11.5 Å². The summed E-state index contributed by atoms with van der Waals surface area (Å²) in [4.78, 5) is 8.69. The zero-order valence-electron chi connectivity index (χ0n) is 14.9. The van der Waals surface area contributed by atoms with Crippen molar-refractivity contribution in [2.75, 3.05) is 12.4 Å². The summed E-state index contributed by atoms with van der Waals surface area (Å²) in [6, 6.07) is 14.1. The lowest BCUT2D eigenvalue weighted by atomic mass is 10.2. The van der Waals surface area contributed by atoms with Crippen molar-refractivity contribution in [1.29, 1.82) is 0 Å². The molecule has 26 heavy (non-hydrogen) atoms. The Balaban J connectivity index is 1.52. The first kappa shape index (κ1) is 16.6.